The van der Waals surface area contributed by atoms with Gasteiger partial charge < -0.3 is 33.7 Å². The van der Waals surface area contributed by atoms with E-state index in [-0.39, 0.29) is 0 Å². The molecule has 0 spiro atoms. The van der Waals surface area contributed by atoms with E-state index in [0.29, 0.717) is 62.8 Å². The molecule has 43 heavy (non-hydrogen) atoms. The molecule has 4 heterocycles. The molecule has 2 aromatic carbocycles. The summed E-state index contributed by atoms with van der Waals surface area (Å²) >= 11 is 0. The lowest BCUT2D eigenvalue weighted by molar-refractivity contribution is 0.0762. The predicted octanol–water partition coefficient (Wildman–Crippen LogP) is 5.84. The fraction of sp³-hybridized carbons (Fsp3) is 0.250. The topological polar surface area (TPSA) is 129 Å². The molecular weight excluding hydrogens is 548 g/mol. The number of fused-ring (bicyclic) bond motifs is 2. The van der Waals surface area contributed by atoms with Gasteiger partial charge in [0.1, 0.15) is 47.6 Å². The molecular formula is C32H32N6O5. The normalized spacial score (nSPS) is 11.2. The number of aromatic amines is 2. The number of benzene rings is 2. The van der Waals surface area contributed by atoms with Crippen LogP contribution in [0.15, 0.2) is 73.1 Å². The van der Waals surface area contributed by atoms with E-state index in [9.17, 15) is 0 Å². The van der Waals surface area contributed by atoms with Crippen LogP contribution in [0.2, 0.25) is 0 Å². The van der Waals surface area contributed by atoms with Crippen LogP contribution in [0.5, 0.6) is 23.0 Å². The van der Waals surface area contributed by atoms with Gasteiger partial charge in [-0.1, -0.05) is 0 Å². The standard InChI is InChI=1S/C32H32N6O5/c1-3-40-21-5-9-25-29(17-21)37-31(35-25)27-11-7-23(19-33-27)42-15-13-39-14-16-43-24-8-12-28(34-20-24)32-36-26-10-6-22(41-4-2)18-30(26)38-32/h5-12,17-20H,3-4,13-16H2,1-2H3,(H,35,37)(H,36,38). The quantitative estimate of drug-likeness (QED) is 0.153. The number of H-pyrrole nitrogens is 2. The van der Waals surface area contributed by atoms with Crippen molar-refractivity contribution >= 4 is 22.1 Å². The average molecular weight is 581 g/mol. The molecule has 0 aliphatic rings. The SMILES string of the molecule is CCOc1ccc2[nH]c(-c3ccc(OCCOCCOc4ccc(-c5nc6cc(OCC)ccc6[nH]5)nc4)cn3)nc2c1. The van der Waals surface area contributed by atoms with Crippen LogP contribution in [0, 0.1) is 0 Å². The first kappa shape index (κ1) is 28.0. The van der Waals surface area contributed by atoms with Crippen molar-refractivity contribution in [1.29, 1.82) is 0 Å². The highest BCUT2D eigenvalue weighted by molar-refractivity contribution is 5.81. The van der Waals surface area contributed by atoms with Crippen molar-refractivity contribution in [3.63, 3.8) is 0 Å². The van der Waals surface area contributed by atoms with Crippen LogP contribution in [0.25, 0.3) is 45.1 Å². The van der Waals surface area contributed by atoms with Crippen LogP contribution >= 0.6 is 0 Å². The van der Waals surface area contributed by atoms with Crippen LogP contribution in [0.3, 0.4) is 0 Å². The monoisotopic (exact) mass is 580 g/mol. The second-order valence-electron chi connectivity index (χ2n) is 9.46. The summed E-state index contributed by atoms with van der Waals surface area (Å²) in [5, 5.41) is 0. The molecule has 0 aliphatic heterocycles. The van der Waals surface area contributed by atoms with Gasteiger partial charge >= 0.3 is 0 Å². The van der Waals surface area contributed by atoms with Crippen molar-refractivity contribution < 1.29 is 23.7 Å². The van der Waals surface area contributed by atoms with Gasteiger partial charge in [0.05, 0.1) is 60.9 Å². The van der Waals surface area contributed by atoms with Crippen LogP contribution < -0.4 is 18.9 Å². The smallest absolute Gasteiger partial charge is 0.157 e. The summed E-state index contributed by atoms with van der Waals surface area (Å²) in [6.07, 6.45) is 3.36. The van der Waals surface area contributed by atoms with Gasteiger partial charge in [0.25, 0.3) is 0 Å². The minimum absolute atomic E-state index is 0.395. The van der Waals surface area contributed by atoms with Crippen LogP contribution in [-0.4, -0.2) is 69.5 Å². The molecule has 6 rings (SSSR count). The molecule has 0 aliphatic carbocycles. The van der Waals surface area contributed by atoms with Gasteiger partial charge in [-0.05, 0) is 62.4 Å². The molecule has 0 unspecified atom stereocenters. The largest absolute Gasteiger partial charge is 0.494 e. The van der Waals surface area contributed by atoms with Gasteiger partial charge in [-0.15, -0.1) is 0 Å². The molecule has 11 heteroatoms. The summed E-state index contributed by atoms with van der Waals surface area (Å²) in [7, 11) is 0. The van der Waals surface area contributed by atoms with Gasteiger partial charge in [0, 0.05) is 12.1 Å². The molecule has 4 aromatic heterocycles. The Morgan fingerprint density at radius 2 is 1.00 bits per heavy atom. The second kappa shape index (κ2) is 13.2. The molecule has 6 aromatic rings. The number of pyridine rings is 2. The number of hydrogen-bond acceptors (Lipinski definition) is 9. The number of nitrogens with zero attached hydrogens (tertiary/aromatic N) is 4. The maximum absolute atomic E-state index is 5.76. The molecule has 2 N–H and O–H groups in total. The van der Waals surface area contributed by atoms with Gasteiger partial charge in [-0.2, -0.15) is 0 Å². The van der Waals surface area contributed by atoms with E-state index in [1.807, 2.05) is 74.5 Å². The minimum atomic E-state index is 0.395. The van der Waals surface area contributed by atoms with E-state index in [0.717, 1.165) is 45.0 Å². The Morgan fingerprint density at radius 1 is 0.535 bits per heavy atom. The van der Waals surface area contributed by atoms with Crippen molar-refractivity contribution in [2.75, 3.05) is 39.6 Å². The molecule has 11 nitrogen and oxygen atoms in total. The molecule has 0 saturated carbocycles. The van der Waals surface area contributed by atoms with E-state index in [4.69, 9.17) is 23.7 Å². The molecule has 220 valence electrons. The first-order valence-corrected chi connectivity index (χ1v) is 14.2. The third-order valence-corrected chi connectivity index (χ3v) is 6.48. The molecule has 0 bridgehead atoms. The molecule has 0 saturated heterocycles. The minimum Gasteiger partial charge on any atom is -0.494 e. The average Bonchev–Trinajstić information content (AvgIpc) is 3.66. The Kier molecular flexibility index (Phi) is 8.60. The fourth-order valence-corrected chi connectivity index (χ4v) is 4.48. The number of aromatic nitrogens is 6. The van der Waals surface area contributed by atoms with Gasteiger partial charge in [-0.3, -0.25) is 0 Å². The fourth-order valence-electron chi connectivity index (χ4n) is 4.48. The third kappa shape index (κ3) is 6.84. The maximum Gasteiger partial charge on any atom is 0.157 e. The molecule has 0 amide bonds. The number of ether oxygens (including phenoxy) is 5. The highest BCUT2D eigenvalue weighted by Crippen LogP contribution is 2.25. The Labute approximate surface area is 248 Å². The lowest BCUT2D eigenvalue weighted by Crippen LogP contribution is -2.12. The summed E-state index contributed by atoms with van der Waals surface area (Å²) in [5.41, 5.74) is 4.97. The van der Waals surface area contributed by atoms with Crippen LogP contribution in [-0.2, 0) is 4.74 Å². The Balaban J connectivity index is 0.909. The first-order valence-electron chi connectivity index (χ1n) is 14.2. The lowest BCUT2D eigenvalue weighted by Gasteiger charge is -2.09. The highest BCUT2D eigenvalue weighted by atomic mass is 16.5. The predicted molar refractivity (Wildman–Crippen MR) is 163 cm³/mol. The summed E-state index contributed by atoms with van der Waals surface area (Å²) in [6, 6.07) is 19.0. The van der Waals surface area contributed by atoms with Crippen molar-refractivity contribution in [1.82, 2.24) is 29.9 Å². The van der Waals surface area contributed by atoms with Crippen LogP contribution in [0.1, 0.15) is 13.8 Å². The number of rotatable bonds is 14. The van der Waals surface area contributed by atoms with Crippen molar-refractivity contribution in [2.24, 2.45) is 0 Å². The Morgan fingerprint density at radius 3 is 1.42 bits per heavy atom. The van der Waals surface area contributed by atoms with E-state index < -0.39 is 0 Å². The Bertz CT molecular complexity index is 1650. The summed E-state index contributed by atoms with van der Waals surface area (Å²) in [6.45, 7) is 6.77. The second-order valence-corrected chi connectivity index (χ2v) is 9.46. The van der Waals surface area contributed by atoms with Crippen molar-refractivity contribution in [3.05, 3.63) is 73.1 Å². The molecule has 0 radical (unpaired) electrons. The summed E-state index contributed by atoms with van der Waals surface area (Å²) in [5.74, 6) is 4.28. The maximum atomic E-state index is 5.76. The zero-order valence-electron chi connectivity index (χ0n) is 24.0. The first-order chi connectivity index (χ1) is 21.2. The highest BCUT2D eigenvalue weighted by Gasteiger charge is 2.10. The van der Waals surface area contributed by atoms with E-state index in [1.165, 1.54) is 0 Å². The van der Waals surface area contributed by atoms with Gasteiger partial charge in [0.15, 0.2) is 11.6 Å². The van der Waals surface area contributed by atoms with Crippen molar-refractivity contribution in [3.8, 4) is 46.0 Å². The lowest BCUT2D eigenvalue weighted by atomic mass is 10.3. The van der Waals surface area contributed by atoms with Gasteiger partial charge in [0.2, 0.25) is 0 Å². The van der Waals surface area contributed by atoms with Crippen LogP contribution in [0.4, 0.5) is 0 Å². The molecule has 0 fully saturated rings. The number of imidazole rings is 2. The van der Waals surface area contributed by atoms with E-state index in [1.54, 1.807) is 12.4 Å². The van der Waals surface area contributed by atoms with E-state index in [2.05, 4.69) is 29.9 Å². The van der Waals surface area contributed by atoms with E-state index >= 15 is 0 Å². The third-order valence-electron chi connectivity index (χ3n) is 6.48. The molecule has 0 atom stereocenters. The summed E-state index contributed by atoms with van der Waals surface area (Å²) in [4.78, 5) is 24.8. The van der Waals surface area contributed by atoms with Crippen molar-refractivity contribution in [2.45, 2.75) is 13.8 Å². The Hall–Kier alpha value is -5.16. The summed E-state index contributed by atoms with van der Waals surface area (Å²) < 4.78 is 28.3. The van der Waals surface area contributed by atoms with Gasteiger partial charge in [-0.25, -0.2) is 19.9 Å². The number of nitrogens with one attached hydrogen (secondary N) is 2. The zero-order valence-corrected chi connectivity index (χ0v) is 24.0. The zero-order chi connectivity index (χ0) is 29.4. The number of hydrogen-bond donors (Lipinski definition) is 2.